The molecule has 3 atom stereocenters. The molecular weight excluding hydrogens is 152 g/mol. The molecule has 1 aliphatic rings. The van der Waals surface area contributed by atoms with E-state index in [2.05, 4.69) is 6.58 Å². The van der Waals surface area contributed by atoms with Crippen LogP contribution in [-0.2, 0) is 0 Å². The van der Waals surface area contributed by atoms with Crippen LogP contribution in [0.15, 0.2) is 12.2 Å². The summed E-state index contributed by atoms with van der Waals surface area (Å²) in [6.45, 7) is 7.56. The molecule has 2 heteroatoms. The quantitative estimate of drug-likeness (QED) is 0.585. The predicted molar refractivity (Wildman–Crippen MR) is 48.8 cm³/mol. The Morgan fingerprint density at radius 1 is 1.58 bits per heavy atom. The van der Waals surface area contributed by atoms with Gasteiger partial charge in [-0.3, -0.25) is 0 Å². The first-order valence-corrected chi connectivity index (χ1v) is 4.48. The van der Waals surface area contributed by atoms with Gasteiger partial charge in [0.05, 0.1) is 11.7 Å². The zero-order valence-corrected chi connectivity index (χ0v) is 7.88. The number of hydrogen-bond acceptors (Lipinski definition) is 2. The van der Waals surface area contributed by atoms with E-state index in [1.165, 1.54) is 0 Å². The highest BCUT2D eigenvalue weighted by Gasteiger charge is 2.35. The van der Waals surface area contributed by atoms with Crippen molar-refractivity contribution in [1.82, 2.24) is 0 Å². The molecule has 0 unspecified atom stereocenters. The van der Waals surface area contributed by atoms with Crippen molar-refractivity contribution < 1.29 is 10.2 Å². The van der Waals surface area contributed by atoms with Crippen LogP contribution in [0.5, 0.6) is 0 Å². The number of hydrogen-bond donors (Lipinski definition) is 2. The van der Waals surface area contributed by atoms with Gasteiger partial charge in [0.2, 0.25) is 0 Å². The fourth-order valence-corrected chi connectivity index (χ4v) is 1.93. The SMILES string of the molecule is C=C(C)[C@@H]1CC[C@](C)(O)C[C@H]1O. The average molecular weight is 170 g/mol. The van der Waals surface area contributed by atoms with Gasteiger partial charge in [-0.2, -0.15) is 0 Å². The van der Waals surface area contributed by atoms with Crippen molar-refractivity contribution in [3.05, 3.63) is 12.2 Å². The Morgan fingerprint density at radius 2 is 2.17 bits per heavy atom. The van der Waals surface area contributed by atoms with E-state index in [0.29, 0.717) is 6.42 Å². The fourth-order valence-electron chi connectivity index (χ4n) is 1.93. The molecule has 0 heterocycles. The van der Waals surface area contributed by atoms with Crippen molar-refractivity contribution in [1.29, 1.82) is 0 Å². The van der Waals surface area contributed by atoms with E-state index in [4.69, 9.17) is 0 Å². The molecule has 1 aliphatic carbocycles. The summed E-state index contributed by atoms with van der Waals surface area (Å²) < 4.78 is 0. The maximum Gasteiger partial charge on any atom is 0.0644 e. The van der Waals surface area contributed by atoms with Crippen molar-refractivity contribution in [2.24, 2.45) is 5.92 Å². The van der Waals surface area contributed by atoms with Crippen LogP contribution in [0.3, 0.4) is 0 Å². The number of rotatable bonds is 1. The standard InChI is InChI=1S/C10H18O2/c1-7(2)8-4-5-10(3,12)6-9(8)11/h8-9,11-12H,1,4-6H2,2-3H3/t8-,9+,10-/m0/s1. The summed E-state index contributed by atoms with van der Waals surface area (Å²) in [5.41, 5.74) is 0.351. The first kappa shape index (κ1) is 9.75. The van der Waals surface area contributed by atoms with Crippen LogP contribution in [-0.4, -0.2) is 21.9 Å². The molecule has 0 aromatic rings. The van der Waals surface area contributed by atoms with Gasteiger partial charge in [0, 0.05) is 12.3 Å². The first-order chi connectivity index (χ1) is 5.42. The third-order valence-corrected chi connectivity index (χ3v) is 2.74. The minimum Gasteiger partial charge on any atom is -0.392 e. The molecule has 12 heavy (non-hydrogen) atoms. The molecule has 0 aromatic carbocycles. The summed E-state index contributed by atoms with van der Waals surface area (Å²) in [6, 6.07) is 0. The molecule has 2 N–H and O–H groups in total. The van der Waals surface area contributed by atoms with Gasteiger partial charge >= 0.3 is 0 Å². The average Bonchev–Trinajstić information content (AvgIpc) is 1.83. The Labute approximate surface area is 73.9 Å². The summed E-state index contributed by atoms with van der Waals surface area (Å²) in [5, 5.41) is 19.3. The van der Waals surface area contributed by atoms with Gasteiger partial charge in [-0.15, -0.1) is 0 Å². The van der Waals surface area contributed by atoms with Crippen molar-refractivity contribution in [3.8, 4) is 0 Å². The Kier molecular flexibility index (Phi) is 2.59. The summed E-state index contributed by atoms with van der Waals surface area (Å²) in [4.78, 5) is 0. The fraction of sp³-hybridized carbons (Fsp3) is 0.800. The van der Waals surface area contributed by atoms with Crippen LogP contribution in [0.4, 0.5) is 0 Å². The lowest BCUT2D eigenvalue weighted by atomic mass is 9.75. The second kappa shape index (κ2) is 3.19. The zero-order valence-electron chi connectivity index (χ0n) is 7.88. The van der Waals surface area contributed by atoms with Gasteiger partial charge in [-0.1, -0.05) is 12.2 Å². The van der Waals surface area contributed by atoms with E-state index in [0.717, 1.165) is 18.4 Å². The molecule has 2 nitrogen and oxygen atoms in total. The largest absolute Gasteiger partial charge is 0.392 e. The lowest BCUT2D eigenvalue weighted by Gasteiger charge is -2.37. The maximum absolute atomic E-state index is 9.65. The van der Waals surface area contributed by atoms with Crippen molar-refractivity contribution >= 4 is 0 Å². The highest BCUT2D eigenvalue weighted by molar-refractivity contribution is 5.03. The normalized spacial score (nSPS) is 42.7. The summed E-state index contributed by atoms with van der Waals surface area (Å²) >= 11 is 0. The second-order valence-electron chi connectivity index (χ2n) is 4.26. The Balaban J connectivity index is 2.60. The number of aliphatic hydroxyl groups is 2. The molecule has 0 saturated heterocycles. The van der Waals surface area contributed by atoms with Gasteiger partial charge in [-0.05, 0) is 26.7 Å². The zero-order chi connectivity index (χ0) is 9.35. The van der Waals surface area contributed by atoms with Crippen LogP contribution in [0.1, 0.15) is 33.1 Å². The van der Waals surface area contributed by atoms with Gasteiger partial charge in [0.1, 0.15) is 0 Å². The summed E-state index contributed by atoms with van der Waals surface area (Å²) in [6.07, 6.45) is 1.68. The molecule has 70 valence electrons. The van der Waals surface area contributed by atoms with Gasteiger partial charge in [0.25, 0.3) is 0 Å². The highest BCUT2D eigenvalue weighted by Crippen LogP contribution is 2.34. The molecule has 0 bridgehead atoms. The molecule has 0 aromatic heterocycles. The molecule has 0 amide bonds. The Bertz CT molecular complexity index is 184. The Morgan fingerprint density at radius 3 is 2.58 bits per heavy atom. The second-order valence-corrected chi connectivity index (χ2v) is 4.26. The topological polar surface area (TPSA) is 40.5 Å². The molecule has 1 rings (SSSR count). The summed E-state index contributed by atoms with van der Waals surface area (Å²) in [7, 11) is 0. The molecule has 1 fully saturated rings. The van der Waals surface area contributed by atoms with Gasteiger partial charge < -0.3 is 10.2 Å². The summed E-state index contributed by atoms with van der Waals surface area (Å²) in [5.74, 6) is 0.185. The smallest absolute Gasteiger partial charge is 0.0644 e. The van der Waals surface area contributed by atoms with Crippen LogP contribution >= 0.6 is 0 Å². The molecule has 0 spiro atoms. The van der Waals surface area contributed by atoms with Crippen LogP contribution in [0.25, 0.3) is 0 Å². The van der Waals surface area contributed by atoms with Gasteiger partial charge in [-0.25, -0.2) is 0 Å². The minimum absolute atomic E-state index is 0.185. The molecule has 0 aliphatic heterocycles. The monoisotopic (exact) mass is 170 g/mol. The molecule has 0 radical (unpaired) electrons. The first-order valence-electron chi connectivity index (χ1n) is 4.48. The van der Waals surface area contributed by atoms with E-state index in [-0.39, 0.29) is 5.92 Å². The van der Waals surface area contributed by atoms with E-state index >= 15 is 0 Å². The third-order valence-electron chi connectivity index (χ3n) is 2.74. The number of aliphatic hydroxyl groups excluding tert-OH is 1. The van der Waals surface area contributed by atoms with Crippen molar-refractivity contribution in [2.45, 2.75) is 44.8 Å². The lowest BCUT2D eigenvalue weighted by molar-refractivity contribution is -0.0503. The van der Waals surface area contributed by atoms with Crippen LogP contribution < -0.4 is 0 Å². The molecule has 1 saturated carbocycles. The maximum atomic E-state index is 9.65. The van der Waals surface area contributed by atoms with E-state index in [1.807, 2.05) is 6.92 Å². The molecular formula is C10H18O2. The van der Waals surface area contributed by atoms with E-state index in [9.17, 15) is 10.2 Å². The van der Waals surface area contributed by atoms with Crippen molar-refractivity contribution in [3.63, 3.8) is 0 Å². The predicted octanol–water partition coefficient (Wildman–Crippen LogP) is 1.47. The third kappa shape index (κ3) is 2.08. The van der Waals surface area contributed by atoms with E-state index < -0.39 is 11.7 Å². The van der Waals surface area contributed by atoms with E-state index in [1.54, 1.807) is 6.92 Å². The highest BCUT2D eigenvalue weighted by atomic mass is 16.3. The minimum atomic E-state index is -0.675. The Hall–Kier alpha value is -0.340. The van der Waals surface area contributed by atoms with Crippen LogP contribution in [0.2, 0.25) is 0 Å². The van der Waals surface area contributed by atoms with Crippen LogP contribution in [0, 0.1) is 5.92 Å². The van der Waals surface area contributed by atoms with Gasteiger partial charge in [0.15, 0.2) is 0 Å². The van der Waals surface area contributed by atoms with Crippen molar-refractivity contribution in [2.75, 3.05) is 0 Å². The lowest BCUT2D eigenvalue weighted by Crippen LogP contribution is -2.40.